The first kappa shape index (κ1) is 18.1. The summed E-state index contributed by atoms with van der Waals surface area (Å²) in [6.45, 7) is 3.99. The van der Waals surface area contributed by atoms with Crippen molar-refractivity contribution in [3.8, 4) is 11.5 Å². The highest BCUT2D eigenvalue weighted by molar-refractivity contribution is 7.10. The Morgan fingerprint density at radius 1 is 1.26 bits per heavy atom. The van der Waals surface area contributed by atoms with E-state index in [0.717, 1.165) is 40.6 Å². The lowest BCUT2D eigenvalue weighted by molar-refractivity contribution is 0.0486. The van der Waals surface area contributed by atoms with E-state index in [1.807, 2.05) is 19.1 Å². The second kappa shape index (κ2) is 7.36. The van der Waals surface area contributed by atoms with Crippen LogP contribution in [0.5, 0.6) is 11.5 Å². The summed E-state index contributed by atoms with van der Waals surface area (Å²) in [6.07, 6.45) is 1.68. The average molecular weight is 389 g/mol. The Balaban J connectivity index is 1.57. The van der Waals surface area contributed by atoms with Crippen molar-refractivity contribution in [2.75, 3.05) is 38.9 Å². The number of fused-ring (bicyclic) bond motifs is 1. The number of nitrogens with one attached hydrogen (secondary N) is 2. The van der Waals surface area contributed by atoms with E-state index in [4.69, 9.17) is 14.2 Å². The molecule has 4 rings (SSSR count). The molecule has 2 aliphatic rings. The molecule has 1 fully saturated rings. The van der Waals surface area contributed by atoms with Gasteiger partial charge in [0.15, 0.2) is 11.5 Å². The quantitative estimate of drug-likeness (QED) is 0.818. The molecule has 3 heterocycles. The zero-order valence-electron chi connectivity index (χ0n) is 15.5. The molecule has 1 saturated heterocycles. The van der Waals surface area contributed by atoms with Gasteiger partial charge in [0.25, 0.3) is 5.91 Å². The van der Waals surface area contributed by atoms with Crippen LogP contribution in [0.2, 0.25) is 0 Å². The fourth-order valence-electron chi connectivity index (χ4n) is 3.70. The third-order valence-corrected chi connectivity index (χ3v) is 6.30. The van der Waals surface area contributed by atoms with Crippen molar-refractivity contribution < 1.29 is 19.0 Å². The van der Waals surface area contributed by atoms with Gasteiger partial charge in [0, 0.05) is 32.2 Å². The second-order valence-corrected chi connectivity index (χ2v) is 7.64. The van der Waals surface area contributed by atoms with E-state index in [1.165, 1.54) is 11.5 Å². The van der Waals surface area contributed by atoms with E-state index in [2.05, 4.69) is 21.1 Å². The number of aryl methyl sites for hydroxylation is 1. The molecule has 27 heavy (non-hydrogen) atoms. The highest BCUT2D eigenvalue weighted by Gasteiger charge is 2.36. The van der Waals surface area contributed by atoms with E-state index in [1.54, 1.807) is 7.05 Å². The third kappa shape index (κ3) is 3.35. The van der Waals surface area contributed by atoms with Crippen molar-refractivity contribution >= 4 is 22.4 Å². The standard InChI is InChI=1S/C19H23N3O4S/c1-12-16(18(20-2)27-22-12)17(23)21-10-19(5-7-24-8-6-19)13-3-4-14-15(9-13)26-11-25-14/h3-4,9,20H,5-8,10-11H2,1-2H3,(H,21,23). The topological polar surface area (TPSA) is 81.7 Å². The number of carbonyl (C=O) groups excluding carboxylic acids is 1. The molecule has 2 N–H and O–H groups in total. The molecular formula is C19H23N3O4S. The highest BCUT2D eigenvalue weighted by atomic mass is 32.1. The zero-order chi connectivity index (χ0) is 18.9. The molecule has 2 aromatic rings. The highest BCUT2D eigenvalue weighted by Crippen LogP contribution is 2.40. The van der Waals surface area contributed by atoms with Gasteiger partial charge in [-0.1, -0.05) is 6.07 Å². The van der Waals surface area contributed by atoms with Crippen LogP contribution in [-0.4, -0.2) is 43.9 Å². The maximum absolute atomic E-state index is 12.8. The summed E-state index contributed by atoms with van der Waals surface area (Å²) >= 11 is 1.30. The molecular weight excluding hydrogens is 366 g/mol. The number of amides is 1. The van der Waals surface area contributed by atoms with Crippen molar-refractivity contribution in [1.29, 1.82) is 0 Å². The Labute approximate surface area is 162 Å². The lowest BCUT2D eigenvalue weighted by atomic mass is 9.74. The number of ether oxygens (including phenoxy) is 3. The predicted molar refractivity (Wildman–Crippen MR) is 103 cm³/mol. The molecule has 1 aromatic heterocycles. The first-order valence-corrected chi connectivity index (χ1v) is 9.80. The Morgan fingerprint density at radius 2 is 2.04 bits per heavy atom. The number of carbonyl (C=O) groups is 1. The van der Waals surface area contributed by atoms with Crippen molar-refractivity contribution in [2.24, 2.45) is 0 Å². The fraction of sp³-hybridized carbons (Fsp3) is 0.474. The smallest absolute Gasteiger partial charge is 0.256 e. The lowest BCUT2D eigenvalue weighted by Crippen LogP contribution is -2.44. The van der Waals surface area contributed by atoms with Gasteiger partial charge in [-0.15, -0.1) is 0 Å². The molecule has 1 amide bonds. The molecule has 0 bridgehead atoms. The van der Waals surface area contributed by atoms with Crippen molar-refractivity contribution in [3.63, 3.8) is 0 Å². The predicted octanol–water partition coefficient (Wildman–Crippen LogP) is 2.70. The van der Waals surface area contributed by atoms with Crippen molar-refractivity contribution in [1.82, 2.24) is 9.69 Å². The molecule has 0 spiro atoms. The van der Waals surface area contributed by atoms with E-state index < -0.39 is 0 Å². The number of rotatable bonds is 5. The van der Waals surface area contributed by atoms with Gasteiger partial charge in [0.2, 0.25) is 6.79 Å². The van der Waals surface area contributed by atoms with Gasteiger partial charge in [-0.2, -0.15) is 4.37 Å². The average Bonchev–Trinajstić information content (AvgIpc) is 3.32. The summed E-state index contributed by atoms with van der Waals surface area (Å²) in [6, 6.07) is 6.06. The molecule has 0 aliphatic carbocycles. The molecule has 0 atom stereocenters. The fourth-order valence-corrected chi connectivity index (χ4v) is 4.44. The van der Waals surface area contributed by atoms with Gasteiger partial charge in [0.1, 0.15) is 5.00 Å². The Hall–Kier alpha value is -2.32. The SMILES string of the molecule is CNc1snc(C)c1C(=O)NCC1(c2ccc3c(c2)OCO3)CCOCC1. The van der Waals surface area contributed by atoms with Crippen LogP contribution < -0.4 is 20.1 Å². The zero-order valence-corrected chi connectivity index (χ0v) is 16.3. The third-order valence-electron chi connectivity index (χ3n) is 5.34. The van der Waals surface area contributed by atoms with E-state index in [-0.39, 0.29) is 18.1 Å². The van der Waals surface area contributed by atoms with Crippen LogP contribution in [0.15, 0.2) is 18.2 Å². The first-order chi connectivity index (χ1) is 13.1. The van der Waals surface area contributed by atoms with Crippen LogP contribution in [0.4, 0.5) is 5.00 Å². The molecule has 7 nitrogen and oxygen atoms in total. The maximum atomic E-state index is 12.8. The summed E-state index contributed by atoms with van der Waals surface area (Å²) in [5.41, 5.74) is 2.32. The van der Waals surface area contributed by atoms with Crippen LogP contribution in [0.25, 0.3) is 0 Å². The number of nitrogens with zero attached hydrogens (tertiary/aromatic N) is 1. The molecule has 8 heteroatoms. The van der Waals surface area contributed by atoms with Gasteiger partial charge >= 0.3 is 0 Å². The van der Waals surface area contributed by atoms with E-state index in [0.29, 0.717) is 25.3 Å². The summed E-state index contributed by atoms with van der Waals surface area (Å²) in [4.78, 5) is 12.8. The second-order valence-electron chi connectivity index (χ2n) is 6.87. The van der Waals surface area contributed by atoms with E-state index >= 15 is 0 Å². The van der Waals surface area contributed by atoms with Crippen molar-refractivity contribution in [2.45, 2.75) is 25.2 Å². The summed E-state index contributed by atoms with van der Waals surface area (Å²) in [5.74, 6) is 1.43. The largest absolute Gasteiger partial charge is 0.454 e. The molecule has 1 aromatic carbocycles. The minimum atomic E-state index is -0.188. The number of hydrogen-bond acceptors (Lipinski definition) is 7. The Bertz CT molecular complexity index is 845. The molecule has 0 radical (unpaired) electrons. The monoisotopic (exact) mass is 389 g/mol. The van der Waals surface area contributed by atoms with Gasteiger partial charge in [0.05, 0.1) is 11.3 Å². The number of aromatic nitrogens is 1. The summed E-state index contributed by atoms with van der Waals surface area (Å²) in [5, 5.41) is 6.97. The normalized spacial score (nSPS) is 17.6. The van der Waals surface area contributed by atoms with Crippen LogP contribution in [0.3, 0.4) is 0 Å². The van der Waals surface area contributed by atoms with Crippen LogP contribution in [-0.2, 0) is 10.2 Å². The van der Waals surface area contributed by atoms with Crippen LogP contribution in [0, 0.1) is 6.92 Å². The molecule has 0 unspecified atom stereocenters. The number of anilines is 1. The first-order valence-electron chi connectivity index (χ1n) is 9.03. The minimum absolute atomic E-state index is 0.0998. The van der Waals surface area contributed by atoms with Gasteiger partial charge in [-0.25, -0.2) is 0 Å². The summed E-state index contributed by atoms with van der Waals surface area (Å²) < 4.78 is 20.9. The molecule has 2 aliphatic heterocycles. The van der Waals surface area contributed by atoms with Crippen LogP contribution >= 0.6 is 11.5 Å². The van der Waals surface area contributed by atoms with Crippen LogP contribution in [0.1, 0.15) is 34.5 Å². The van der Waals surface area contributed by atoms with E-state index in [9.17, 15) is 4.79 Å². The van der Waals surface area contributed by atoms with Gasteiger partial charge in [-0.05, 0) is 49.0 Å². The molecule has 144 valence electrons. The summed E-state index contributed by atoms with van der Waals surface area (Å²) in [7, 11) is 1.80. The Morgan fingerprint density at radius 3 is 2.81 bits per heavy atom. The van der Waals surface area contributed by atoms with Crippen molar-refractivity contribution in [3.05, 3.63) is 35.0 Å². The lowest BCUT2D eigenvalue weighted by Gasteiger charge is -2.38. The molecule has 0 saturated carbocycles. The maximum Gasteiger partial charge on any atom is 0.256 e. The Kier molecular flexibility index (Phi) is 4.92. The van der Waals surface area contributed by atoms with Gasteiger partial charge in [-0.3, -0.25) is 4.79 Å². The minimum Gasteiger partial charge on any atom is -0.454 e. The number of hydrogen-bond donors (Lipinski definition) is 2. The van der Waals surface area contributed by atoms with Gasteiger partial charge < -0.3 is 24.8 Å². The number of benzene rings is 1.